The molecule has 0 atom stereocenters. The molecule has 0 aromatic heterocycles. The fourth-order valence-corrected chi connectivity index (χ4v) is 20.0. The molecular weight excluding hydrogens is 1590 g/mol. The Balaban J connectivity index is 0.000000116. The van der Waals surface area contributed by atoms with E-state index in [1.807, 2.05) is 0 Å². The van der Waals surface area contributed by atoms with Gasteiger partial charge < -0.3 is 0 Å². The summed E-state index contributed by atoms with van der Waals surface area (Å²) in [5.74, 6) is 0. The number of fused-ring (bicyclic) bond motifs is 6. The van der Waals surface area contributed by atoms with E-state index in [-0.39, 0.29) is 0 Å². The minimum atomic E-state index is 1.22. The summed E-state index contributed by atoms with van der Waals surface area (Å²) in [4.78, 5) is 0. The van der Waals surface area contributed by atoms with Crippen molar-refractivity contribution >= 4 is 64.6 Å². The van der Waals surface area contributed by atoms with Crippen LogP contribution in [0.4, 0.5) is 0 Å². The van der Waals surface area contributed by atoms with Crippen LogP contribution in [0.5, 0.6) is 0 Å². The van der Waals surface area contributed by atoms with Crippen molar-refractivity contribution in [2.24, 2.45) is 0 Å². The molecule has 0 radical (unpaired) electrons. The molecule has 0 aliphatic carbocycles. The molecule has 0 nitrogen and oxygen atoms in total. The fourth-order valence-electron chi connectivity index (χ4n) is 20.0. The van der Waals surface area contributed by atoms with E-state index in [2.05, 4.69) is 546 Å². The lowest BCUT2D eigenvalue weighted by molar-refractivity contribution is 1.57. The van der Waals surface area contributed by atoms with Crippen LogP contribution in [0.25, 0.3) is 232 Å². The van der Waals surface area contributed by atoms with Crippen LogP contribution in [0.3, 0.4) is 0 Å². The van der Waals surface area contributed by atoms with Gasteiger partial charge in [0.25, 0.3) is 0 Å². The van der Waals surface area contributed by atoms with Crippen LogP contribution < -0.4 is 0 Å². The van der Waals surface area contributed by atoms with Gasteiger partial charge in [-0.2, -0.15) is 0 Å². The lowest BCUT2D eigenvalue weighted by atomic mass is 9.81. The second-order valence-corrected chi connectivity index (χ2v) is 33.8. The molecule has 0 N–H and O–H groups in total. The number of benzene rings is 24. The topological polar surface area (TPSA) is 0 Å². The van der Waals surface area contributed by atoms with Crippen LogP contribution in [0, 0.1) is 0 Å². The van der Waals surface area contributed by atoms with Crippen LogP contribution in [0.1, 0.15) is 0 Å². The first-order chi connectivity index (χ1) is 65.6. The van der Waals surface area contributed by atoms with Crippen molar-refractivity contribution in [2.45, 2.75) is 0 Å². The molecule has 0 aliphatic rings. The minimum absolute atomic E-state index is 1.22. The molecule has 0 bridgehead atoms. The Morgan fingerprint density at radius 1 is 0.0682 bits per heavy atom. The molecule has 24 aromatic rings. The highest BCUT2D eigenvalue weighted by Gasteiger charge is 2.26. The molecule has 24 aromatic carbocycles. The summed E-state index contributed by atoms with van der Waals surface area (Å²) in [7, 11) is 0. The largest absolute Gasteiger partial charge is 0.0622 e. The van der Waals surface area contributed by atoms with Crippen molar-refractivity contribution < 1.29 is 0 Å². The van der Waals surface area contributed by atoms with Gasteiger partial charge in [-0.15, -0.1) is 0 Å². The summed E-state index contributed by atoms with van der Waals surface area (Å²) in [5.41, 5.74) is 37.2. The smallest absolute Gasteiger partial charge is 0.00139 e. The maximum atomic E-state index is 2.39. The van der Waals surface area contributed by atoms with E-state index in [1.54, 1.807) is 0 Å². The SMILES string of the molecule is c1ccc(-c2ccc(-c3c4ccccc4c(-c4c(-c5ccccc5)cccc4-c4ccccc4)c4ccccc34)cc2)cc1.c1ccc(-c2ccc(-c3c4ccccc4c(-c4cc(-c5ccccc5)ccc4-c4ccccc4)c4ccccc34)cc2)cc1.c1ccc(-c2ccc(-c3c4ccccc4c(-c4ccc(-c5ccccc5)c(-c5ccccc5)c4)c4ccccc34)cc2)cc1. The third-order valence-electron chi connectivity index (χ3n) is 26.1. The van der Waals surface area contributed by atoms with Crippen LogP contribution in [0.15, 0.2) is 546 Å². The van der Waals surface area contributed by atoms with Crippen molar-refractivity contribution in [1.82, 2.24) is 0 Å². The molecule has 0 saturated heterocycles. The summed E-state index contributed by atoms with van der Waals surface area (Å²) < 4.78 is 0. The van der Waals surface area contributed by atoms with E-state index < -0.39 is 0 Å². The van der Waals surface area contributed by atoms with Crippen molar-refractivity contribution in [3.63, 3.8) is 0 Å². The van der Waals surface area contributed by atoms with Gasteiger partial charge in [0.05, 0.1) is 0 Å². The first-order valence-corrected chi connectivity index (χ1v) is 45.6. The summed E-state index contributed by atoms with van der Waals surface area (Å²) in [6.07, 6.45) is 0. The zero-order chi connectivity index (χ0) is 87.9. The van der Waals surface area contributed by atoms with Crippen molar-refractivity contribution in [3.8, 4) is 167 Å². The summed E-state index contributed by atoms with van der Waals surface area (Å²) in [5, 5.41) is 15.1. The van der Waals surface area contributed by atoms with Crippen molar-refractivity contribution in [3.05, 3.63) is 546 Å². The first-order valence-electron chi connectivity index (χ1n) is 45.6. The van der Waals surface area contributed by atoms with Gasteiger partial charge in [0, 0.05) is 0 Å². The third kappa shape index (κ3) is 15.8. The van der Waals surface area contributed by atoms with E-state index >= 15 is 0 Å². The predicted octanol–water partition coefficient (Wildman–Crippen LogP) is 37.0. The van der Waals surface area contributed by atoms with Gasteiger partial charge in [-0.3, -0.25) is 0 Å². The molecule has 0 heteroatoms. The van der Waals surface area contributed by atoms with Gasteiger partial charge >= 0.3 is 0 Å². The van der Waals surface area contributed by atoms with Crippen LogP contribution in [-0.2, 0) is 0 Å². The van der Waals surface area contributed by atoms with Crippen LogP contribution in [-0.4, -0.2) is 0 Å². The van der Waals surface area contributed by atoms with Crippen LogP contribution >= 0.6 is 0 Å². The monoisotopic (exact) mass is 1670 g/mol. The molecule has 0 saturated carbocycles. The van der Waals surface area contributed by atoms with Gasteiger partial charge in [-0.25, -0.2) is 0 Å². The Morgan fingerprint density at radius 2 is 0.242 bits per heavy atom. The van der Waals surface area contributed by atoms with E-state index in [1.165, 1.54) is 232 Å². The van der Waals surface area contributed by atoms with E-state index in [9.17, 15) is 0 Å². The lowest BCUT2D eigenvalue weighted by Gasteiger charge is -2.22. The summed E-state index contributed by atoms with van der Waals surface area (Å²) in [6.45, 7) is 0. The van der Waals surface area contributed by atoms with Gasteiger partial charge in [0.15, 0.2) is 0 Å². The predicted molar refractivity (Wildman–Crippen MR) is 566 cm³/mol. The molecule has 0 spiro atoms. The number of rotatable bonds is 15. The van der Waals surface area contributed by atoms with Crippen molar-refractivity contribution in [2.75, 3.05) is 0 Å². The van der Waals surface area contributed by atoms with E-state index in [0.29, 0.717) is 0 Å². The zero-order valence-electron chi connectivity index (χ0n) is 73.0. The molecule has 0 unspecified atom stereocenters. The molecule has 0 heterocycles. The summed E-state index contributed by atoms with van der Waals surface area (Å²) in [6, 6.07) is 198. The molecular formula is C132H90. The van der Waals surface area contributed by atoms with Gasteiger partial charge in [-0.1, -0.05) is 534 Å². The third-order valence-corrected chi connectivity index (χ3v) is 26.1. The molecule has 0 amide bonds. The Labute approximate surface area is 772 Å². The Morgan fingerprint density at radius 3 is 0.523 bits per heavy atom. The maximum Gasteiger partial charge on any atom is -0.00139 e. The highest BCUT2D eigenvalue weighted by atomic mass is 14.3. The minimum Gasteiger partial charge on any atom is -0.0622 e. The van der Waals surface area contributed by atoms with Gasteiger partial charge in [0.1, 0.15) is 0 Å². The second-order valence-electron chi connectivity index (χ2n) is 33.8. The number of hydrogen-bond acceptors (Lipinski definition) is 0. The molecule has 132 heavy (non-hydrogen) atoms. The maximum absolute atomic E-state index is 2.39. The van der Waals surface area contributed by atoms with Gasteiger partial charge in [0.2, 0.25) is 0 Å². The average Bonchev–Trinajstić information content (AvgIpc) is 0.734. The first kappa shape index (κ1) is 80.7. The zero-order valence-corrected chi connectivity index (χ0v) is 73.0. The Kier molecular flexibility index (Phi) is 22.4. The highest BCUT2D eigenvalue weighted by Crippen LogP contribution is 2.53. The molecule has 0 fully saturated rings. The molecule has 0 aliphatic heterocycles. The summed E-state index contributed by atoms with van der Waals surface area (Å²) >= 11 is 0. The van der Waals surface area contributed by atoms with E-state index in [0.717, 1.165) is 0 Å². The average molecular weight is 1680 g/mol. The molecule has 618 valence electrons. The standard InChI is InChI=1S/3C44H30/c1-4-15-31(16-5-1)32-27-29-35(30-28-32)42-38-21-10-12-23-40(38)44(41-24-13-11-22-39(41)42)43-36(33-17-6-2-7-18-33)25-14-26-37(43)34-19-8-3-9-20-34;1-4-14-31(15-5-1)32-24-26-35(27-25-32)43-38-20-10-12-22-40(38)44(41-23-13-11-21-39(41)43)36-28-29-37(33-16-6-2-7-17-33)42(30-36)34-18-8-3-9-19-34;1-4-14-31(15-5-1)33-24-26-35(27-25-33)43-38-20-10-12-22-40(38)44(41-23-13-11-21-39(41)43)42-30-36(32-16-6-2-7-17-32)28-29-37(42)34-18-8-3-9-19-34/h3*1-30H. The number of hydrogen-bond donors (Lipinski definition) is 0. The van der Waals surface area contributed by atoms with Crippen molar-refractivity contribution in [1.29, 1.82) is 0 Å². The normalized spacial score (nSPS) is 11.2. The fraction of sp³-hybridized carbons (Fsp3) is 0. The quantitative estimate of drug-likeness (QED) is 0.0898. The highest BCUT2D eigenvalue weighted by molar-refractivity contribution is 6.26. The Bertz CT molecular complexity index is 8020. The van der Waals surface area contributed by atoms with Gasteiger partial charge in [-0.05, 0) is 244 Å². The second kappa shape index (κ2) is 36.7. The molecule has 24 rings (SSSR count). The Hall–Kier alpha value is -17.2. The van der Waals surface area contributed by atoms with E-state index in [4.69, 9.17) is 0 Å². The lowest BCUT2D eigenvalue weighted by Crippen LogP contribution is -1.95. The van der Waals surface area contributed by atoms with Crippen LogP contribution in [0.2, 0.25) is 0 Å².